The van der Waals surface area contributed by atoms with Gasteiger partial charge in [0.1, 0.15) is 5.82 Å². The van der Waals surface area contributed by atoms with E-state index in [4.69, 9.17) is 4.98 Å². The topological polar surface area (TPSA) is 94.3 Å². The Bertz CT molecular complexity index is 1120. The molecule has 0 bridgehead atoms. The summed E-state index contributed by atoms with van der Waals surface area (Å²) in [5.74, 6) is 1.03. The van der Waals surface area contributed by atoms with Gasteiger partial charge >= 0.3 is 0 Å². The Morgan fingerprint density at radius 2 is 2.10 bits per heavy atom. The molecule has 31 heavy (non-hydrogen) atoms. The van der Waals surface area contributed by atoms with E-state index < -0.39 is 0 Å². The number of rotatable bonds is 9. The van der Waals surface area contributed by atoms with Crippen molar-refractivity contribution >= 4 is 11.0 Å². The van der Waals surface area contributed by atoms with Crippen LogP contribution in [0.1, 0.15) is 47.2 Å². The Hall–Kier alpha value is -3.03. The molecule has 0 saturated carbocycles. The second-order valence-electron chi connectivity index (χ2n) is 8.20. The summed E-state index contributed by atoms with van der Waals surface area (Å²) < 4.78 is 0. The molecule has 4 aromatic rings. The lowest BCUT2D eigenvalue weighted by atomic mass is 9.92. The molecule has 160 valence electrons. The molecule has 0 radical (unpaired) electrons. The molecule has 7 nitrogen and oxygen atoms in total. The standard InChI is InChI=1S/C24H29N7/c1-4-17-6-3-11-28-23(17)20(7-1)27-13-10-22-30-21-8-2-5-18(24(21)31-22)14-25-12-9-19-15-26-16-29-19/h2-3,5-6,8,11,15-16,20,25,27H,1,4,7,9-10,12-14H2,(H,26,29)(H,30,31). The average molecular weight is 416 g/mol. The van der Waals surface area contributed by atoms with E-state index in [9.17, 15) is 0 Å². The second kappa shape index (κ2) is 9.41. The largest absolute Gasteiger partial charge is 0.348 e. The molecule has 0 amide bonds. The average Bonchev–Trinajstić information content (AvgIpc) is 3.47. The number of imidazole rings is 2. The zero-order chi connectivity index (χ0) is 20.9. The molecule has 4 N–H and O–H groups in total. The van der Waals surface area contributed by atoms with Crippen molar-refractivity contribution in [2.24, 2.45) is 0 Å². The smallest absolute Gasteiger partial charge is 0.108 e. The number of aromatic nitrogens is 5. The minimum absolute atomic E-state index is 0.351. The molecule has 0 saturated heterocycles. The Labute approximate surface area is 182 Å². The van der Waals surface area contributed by atoms with Gasteiger partial charge in [0.25, 0.3) is 0 Å². The molecule has 0 fully saturated rings. The Morgan fingerprint density at radius 1 is 1.10 bits per heavy atom. The van der Waals surface area contributed by atoms with E-state index >= 15 is 0 Å². The summed E-state index contributed by atoms with van der Waals surface area (Å²) >= 11 is 0. The van der Waals surface area contributed by atoms with E-state index in [0.717, 1.165) is 67.9 Å². The fourth-order valence-corrected chi connectivity index (χ4v) is 4.44. The lowest BCUT2D eigenvalue weighted by Gasteiger charge is -2.25. The van der Waals surface area contributed by atoms with Crippen LogP contribution in [-0.4, -0.2) is 38.0 Å². The van der Waals surface area contributed by atoms with Crippen LogP contribution in [0.25, 0.3) is 11.0 Å². The third-order valence-corrected chi connectivity index (χ3v) is 6.03. The number of hydrogen-bond donors (Lipinski definition) is 4. The van der Waals surface area contributed by atoms with Gasteiger partial charge in [0.15, 0.2) is 0 Å². The quantitative estimate of drug-likeness (QED) is 0.315. The number of aromatic amines is 2. The maximum Gasteiger partial charge on any atom is 0.108 e. The number of benzene rings is 1. The van der Waals surface area contributed by atoms with Crippen LogP contribution in [0.4, 0.5) is 0 Å². The predicted molar refractivity (Wildman–Crippen MR) is 122 cm³/mol. The molecule has 1 unspecified atom stereocenters. The second-order valence-corrected chi connectivity index (χ2v) is 8.20. The minimum atomic E-state index is 0.351. The van der Waals surface area contributed by atoms with Crippen molar-refractivity contribution in [1.82, 2.24) is 35.6 Å². The van der Waals surface area contributed by atoms with Crippen LogP contribution in [0, 0.1) is 0 Å². The number of fused-ring (bicyclic) bond motifs is 2. The third kappa shape index (κ3) is 4.68. The number of aryl methyl sites for hydroxylation is 1. The van der Waals surface area contributed by atoms with Gasteiger partial charge in [-0.3, -0.25) is 4.98 Å². The van der Waals surface area contributed by atoms with Gasteiger partial charge in [0.2, 0.25) is 0 Å². The highest BCUT2D eigenvalue weighted by Crippen LogP contribution is 2.27. The Morgan fingerprint density at radius 3 is 3.03 bits per heavy atom. The van der Waals surface area contributed by atoms with Crippen molar-refractivity contribution in [2.75, 3.05) is 13.1 Å². The van der Waals surface area contributed by atoms with Crippen LogP contribution in [0.2, 0.25) is 0 Å². The molecule has 1 aliphatic carbocycles. The molecule has 1 aliphatic rings. The van der Waals surface area contributed by atoms with Crippen LogP contribution in [0.3, 0.4) is 0 Å². The Kier molecular flexibility index (Phi) is 6.04. The summed E-state index contributed by atoms with van der Waals surface area (Å²) in [6.07, 6.45) is 10.8. The van der Waals surface area contributed by atoms with Gasteiger partial charge in [-0.05, 0) is 42.5 Å². The SMILES string of the molecule is c1cnc2c(c1)CCCC2NCCc1nc2c(CNCCc3cnc[nH]3)cccc2[nH]1. The fourth-order valence-electron chi connectivity index (χ4n) is 4.44. The number of pyridine rings is 1. The first-order chi connectivity index (χ1) is 15.4. The van der Waals surface area contributed by atoms with Crippen molar-refractivity contribution in [3.8, 4) is 0 Å². The Balaban J connectivity index is 1.17. The maximum absolute atomic E-state index is 4.90. The first-order valence-corrected chi connectivity index (χ1v) is 11.2. The number of nitrogens with zero attached hydrogens (tertiary/aromatic N) is 3. The van der Waals surface area contributed by atoms with Crippen molar-refractivity contribution in [3.05, 3.63) is 77.4 Å². The minimum Gasteiger partial charge on any atom is -0.348 e. The molecule has 3 heterocycles. The monoisotopic (exact) mass is 415 g/mol. The zero-order valence-electron chi connectivity index (χ0n) is 17.7. The summed E-state index contributed by atoms with van der Waals surface area (Å²) in [6.45, 7) is 2.59. The highest BCUT2D eigenvalue weighted by Gasteiger charge is 2.20. The number of H-pyrrole nitrogens is 2. The van der Waals surface area contributed by atoms with Gasteiger partial charge in [-0.25, -0.2) is 9.97 Å². The highest BCUT2D eigenvalue weighted by atomic mass is 15.0. The third-order valence-electron chi connectivity index (χ3n) is 6.03. The zero-order valence-corrected chi connectivity index (χ0v) is 17.7. The van der Waals surface area contributed by atoms with E-state index in [1.54, 1.807) is 6.33 Å². The van der Waals surface area contributed by atoms with Crippen LogP contribution in [0.5, 0.6) is 0 Å². The fraction of sp³-hybridized carbons (Fsp3) is 0.375. The number of hydrogen-bond acceptors (Lipinski definition) is 5. The maximum atomic E-state index is 4.90. The van der Waals surface area contributed by atoms with E-state index in [2.05, 4.69) is 54.8 Å². The van der Waals surface area contributed by atoms with Crippen LogP contribution in [0.15, 0.2) is 49.1 Å². The molecule has 7 heteroatoms. The first kappa shape index (κ1) is 19.9. The lowest BCUT2D eigenvalue weighted by Crippen LogP contribution is -2.28. The van der Waals surface area contributed by atoms with Gasteiger partial charge in [-0.2, -0.15) is 0 Å². The van der Waals surface area contributed by atoms with Gasteiger partial charge in [0, 0.05) is 56.6 Å². The molecular weight excluding hydrogens is 386 g/mol. The van der Waals surface area contributed by atoms with Gasteiger partial charge in [-0.1, -0.05) is 18.2 Å². The highest BCUT2D eigenvalue weighted by molar-refractivity contribution is 5.78. The lowest BCUT2D eigenvalue weighted by molar-refractivity contribution is 0.450. The van der Waals surface area contributed by atoms with E-state index in [-0.39, 0.29) is 0 Å². The van der Waals surface area contributed by atoms with Crippen LogP contribution in [-0.2, 0) is 25.8 Å². The molecule has 3 aromatic heterocycles. The molecule has 0 aliphatic heterocycles. The number of para-hydroxylation sites is 1. The van der Waals surface area contributed by atoms with Crippen LogP contribution < -0.4 is 10.6 Å². The van der Waals surface area contributed by atoms with Crippen molar-refractivity contribution < 1.29 is 0 Å². The van der Waals surface area contributed by atoms with Gasteiger partial charge in [-0.15, -0.1) is 0 Å². The van der Waals surface area contributed by atoms with Crippen molar-refractivity contribution in [2.45, 2.75) is 44.7 Å². The van der Waals surface area contributed by atoms with E-state index in [1.165, 1.54) is 23.2 Å². The van der Waals surface area contributed by atoms with Crippen molar-refractivity contribution in [3.63, 3.8) is 0 Å². The van der Waals surface area contributed by atoms with Gasteiger partial charge in [0.05, 0.1) is 23.1 Å². The van der Waals surface area contributed by atoms with Crippen molar-refractivity contribution in [1.29, 1.82) is 0 Å². The summed E-state index contributed by atoms with van der Waals surface area (Å²) in [4.78, 5) is 20.2. The summed E-state index contributed by atoms with van der Waals surface area (Å²) in [6, 6.07) is 11.0. The summed E-state index contributed by atoms with van der Waals surface area (Å²) in [7, 11) is 0. The molecule has 0 spiro atoms. The summed E-state index contributed by atoms with van der Waals surface area (Å²) in [5, 5.41) is 7.21. The molecule has 1 atom stereocenters. The molecule has 5 rings (SSSR count). The summed E-state index contributed by atoms with van der Waals surface area (Å²) in [5.41, 5.74) is 7.16. The normalized spacial score (nSPS) is 15.9. The molecular formula is C24H29N7. The van der Waals surface area contributed by atoms with Crippen LogP contribution >= 0.6 is 0 Å². The predicted octanol–water partition coefficient (Wildman–Crippen LogP) is 3.22. The van der Waals surface area contributed by atoms with E-state index in [0.29, 0.717) is 6.04 Å². The molecule has 1 aromatic carbocycles. The van der Waals surface area contributed by atoms with Gasteiger partial charge < -0.3 is 20.6 Å². The first-order valence-electron chi connectivity index (χ1n) is 11.2. The van der Waals surface area contributed by atoms with E-state index in [1.807, 2.05) is 18.5 Å². The number of nitrogens with one attached hydrogen (secondary N) is 4.